The van der Waals surface area contributed by atoms with E-state index in [2.05, 4.69) is 25.0 Å². The summed E-state index contributed by atoms with van der Waals surface area (Å²) >= 11 is 0. The molecule has 1 N–H and O–H groups in total. The van der Waals surface area contributed by atoms with Crippen LogP contribution in [0, 0.1) is 0 Å². The second-order valence-electron chi connectivity index (χ2n) is 5.95. The van der Waals surface area contributed by atoms with Crippen LogP contribution in [0.2, 0.25) is 25.7 Å². The Morgan fingerprint density at radius 2 is 1.76 bits per heavy atom. The van der Waals surface area contributed by atoms with E-state index in [-0.39, 0.29) is 13.2 Å². The Labute approximate surface area is 126 Å². The van der Waals surface area contributed by atoms with Crippen LogP contribution in [0.4, 0.5) is 4.79 Å². The van der Waals surface area contributed by atoms with Gasteiger partial charge in [-0.15, -0.1) is 0 Å². The summed E-state index contributed by atoms with van der Waals surface area (Å²) < 4.78 is 10.0. The summed E-state index contributed by atoms with van der Waals surface area (Å²) in [5.41, 5.74) is 0.894. The van der Waals surface area contributed by atoms with E-state index in [0.717, 1.165) is 11.6 Å². The highest BCUT2D eigenvalue weighted by Crippen LogP contribution is 2.07. The van der Waals surface area contributed by atoms with Crippen molar-refractivity contribution in [1.29, 1.82) is 0 Å². The van der Waals surface area contributed by atoms with Crippen LogP contribution < -0.4 is 5.32 Å². The van der Waals surface area contributed by atoms with Gasteiger partial charge < -0.3 is 14.8 Å². The molecule has 0 aliphatic carbocycles. The zero-order valence-corrected chi connectivity index (χ0v) is 13.8. The van der Waals surface area contributed by atoms with Gasteiger partial charge in [-0.05, 0) is 11.6 Å². The number of carbonyl (C=O) groups is 2. The number of alkyl carbamates (subject to hydrolysis) is 1. The van der Waals surface area contributed by atoms with E-state index in [1.54, 1.807) is 0 Å². The molecule has 1 rings (SSSR count). The normalized spacial score (nSPS) is 10.8. The molecule has 1 aromatic carbocycles. The van der Waals surface area contributed by atoms with E-state index in [4.69, 9.17) is 9.47 Å². The smallest absolute Gasteiger partial charge is 0.407 e. The number of hydrogen-bond acceptors (Lipinski definition) is 4. The maximum absolute atomic E-state index is 11.4. The largest absolute Gasteiger partial charge is 0.465 e. The Morgan fingerprint density at radius 3 is 2.38 bits per heavy atom. The Morgan fingerprint density at radius 1 is 1.10 bits per heavy atom. The van der Waals surface area contributed by atoms with Crippen molar-refractivity contribution in [3.05, 3.63) is 35.9 Å². The van der Waals surface area contributed by atoms with Crippen molar-refractivity contribution in [3.8, 4) is 0 Å². The lowest BCUT2D eigenvalue weighted by Crippen LogP contribution is -2.32. The third-order valence-corrected chi connectivity index (χ3v) is 4.41. The van der Waals surface area contributed by atoms with Gasteiger partial charge in [0.25, 0.3) is 0 Å². The number of rotatable bonds is 7. The van der Waals surface area contributed by atoms with E-state index in [1.807, 2.05) is 30.3 Å². The van der Waals surface area contributed by atoms with Crippen molar-refractivity contribution < 1.29 is 19.1 Å². The standard InChI is InChI=1S/C15H23NO4Si/c1-21(2,3)10-9-19-14(17)11-16-15(18)20-12-13-7-5-4-6-8-13/h4-8H,9-12H2,1-3H3,(H,16,18). The van der Waals surface area contributed by atoms with Gasteiger partial charge in [0.05, 0.1) is 6.61 Å². The molecule has 116 valence electrons. The van der Waals surface area contributed by atoms with Gasteiger partial charge >= 0.3 is 12.1 Å². The highest BCUT2D eigenvalue weighted by atomic mass is 28.3. The number of esters is 1. The quantitative estimate of drug-likeness (QED) is 0.621. The summed E-state index contributed by atoms with van der Waals surface area (Å²) in [7, 11) is -1.21. The monoisotopic (exact) mass is 309 g/mol. The number of amides is 1. The van der Waals surface area contributed by atoms with Crippen LogP contribution in [0.1, 0.15) is 5.56 Å². The Bertz CT molecular complexity index is 456. The first-order chi connectivity index (χ1) is 9.87. The first-order valence-corrected chi connectivity index (χ1v) is 10.7. The summed E-state index contributed by atoms with van der Waals surface area (Å²) in [6.07, 6.45) is -0.624. The molecule has 0 aliphatic rings. The minimum atomic E-state index is -1.21. The zero-order valence-electron chi connectivity index (χ0n) is 12.8. The molecule has 0 heterocycles. The van der Waals surface area contributed by atoms with Gasteiger partial charge in [0.1, 0.15) is 13.2 Å². The van der Waals surface area contributed by atoms with Crippen LogP contribution in [-0.2, 0) is 20.9 Å². The average Bonchev–Trinajstić information content (AvgIpc) is 2.42. The first kappa shape index (κ1) is 17.2. The van der Waals surface area contributed by atoms with Gasteiger partial charge in [-0.3, -0.25) is 4.79 Å². The van der Waals surface area contributed by atoms with Gasteiger partial charge in [-0.25, -0.2) is 4.79 Å². The van der Waals surface area contributed by atoms with Crippen molar-refractivity contribution in [2.75, 3.05) is 13.2 Å². The fourth-order valence-corrected chi connectivity index (χ4v) is 2.16. The predicted molar refractivity (Wildman–Crippen MR) is 83.7 cm³/mol. The minimum absolute atomic E-state index is 0.167. The van der Waals surface area contributed by atoms with E-state index in [9.17, 15) is 9.59 Å². The fourth-order valence-electron chi connectivity index (χ4n) is 1.44. The number of ether oxygens (including phenoxy) is 2. The SMILES string of the molecule is C[Si](C)(C)CCOC(=O)CNC(=O)OCc1ccccc1. The van der Waals surface area contributed by atoms with E-state index in [0.29, 0.717) is 6.61 Å². The van der Waals surface area contributed by atoms with Crippen molar-refractivity contribution >= 4 is 20.1 Å². The molecule has 1 amide bonds. The van der Waals surface area contributed by atoms with Crippen LogP contribution in [0.25, 0.3) is 0 Å². The molecule has 0 bridgehead atoms. The molecule has 1 aromatic rings. The minimum Gasteiger partial charge on any atom is -0.465 e. The lowest BCUT2D eigenvalue weighted by Gasteiger charge is -2.15. The maximum atomic E-state index is 11.4. The molecular formula is C15H23NO4Si. The number of hydrogen-bond donors (Lipinski definition) is 1. The van der Waals surface area contributed by atoms with Gasteiger partial charge in [0.15, 0.2) is 0 Å². The predicted octanol–water partition coefficient (Wildman–Crippen LogP) is 2.79. The topological polar surface area (TPSA) is 64.6 Å². The molecule has 0 unspecified atom stereocenters. The second-order valence-corrected chi connectivity index (χ2v) is 11.6. The Balaban J connectivity index is 2.13. The summed E-state index contributed by atoms with van der Waals surface area (Å²) in [6.45, 7) is 7.05. The zero-order chi connectivity index (χ0) is 15.7. The molecule has 0 aliphatic heterocycles. The van der Waals surface area contributed by atoms with Crippen LogP contribution in [0.5, 0.6) is 0 Å². The van der Waals surface area contributed by atoms with E-state index in [1.165, 1.54) is 0 Å². The fraction of sp³-hybridized carbons (Fsp3) is 0.467. The summed E-state index contributed by atoms with van der Waals surface area (Å²) in [5, 5.41) is 2.38. The van der Waals surface area contributed by atoms with Gasteiger partial charge in [0.2, 0.25) is 0 Å². The second kappa shape index (κ2) is 8.46. The molecule has 0 spiro atoms. The van der Waals surface area contributed by atoms with Gasteiger partial charge in [-0.1, -0.05) is 50.0 Å². The average molecular weight is 309 g/mol. The lowest BCUT2D eigenvalue weighted by molar-refractivity contribution is -0.141. The van der Waals surface area contributed by atoms with Gasteiger partial charge in [0, 0.05) is 8.07 Å². The van der Waals surface area contributed by atoms with Crippen LogP contribution >= 0.6 is 0 Å². The van der Waals surface area contributed by atoms with Crippen LogP contribution in [0.3, 0.4) is 0 Å². The summed E-state index contributed by atoms with van der Waals surface area (Å²) in [6, 6.07) is 10.3. The first-order valence-electron chi connectivity index (χ1n) is 6.97. The molecule has 0 aromatic heterocycles. The molecule has 21 heavy (non-hydrogen) atoms. The molecule has 0 saturated carbocycles. The molecule has 0 radical (unpaired) electrons. The van der Waals surface area contributed by atoms with E-state index < -0.39 is 20.1 Å². The number of carbonyl (C=O) groups excluding carboxylic acids is 2. The molecule has 0 atom stereocenters. The Hall–Kier alpha value is -1.82. The molecule has 6 heteroatoms. The van der Waals surface area contributed by atoms with Crippen molar-refractivity contribution in [2.24, 2.45) is 0 Å². The number of benzene rings is 1. The lowest BCUT2D eigenvalue weighted by atomic mass is 10.2. The maximum Gasteiger partial charge on any atom is 0.407 e. The molecule has 0 saturated heterocycles. The van der Waals surface area contributed by atoms with Crippen LogP contribution in [0.15, 0.2) is 30.3 Å². The van der Waals surface area contributed by atoms with Crippen molar-refractivity contribution in [1.82, 2.24) is 5.32 Å². The highest BCUT2D eigenvalue weighted by molar-refractivity contribution is 6.76. The summed E-state index contributed by atoms with van der Waals surface area (Å²) in [4.78, 5) is 22.9. The van der Waals surface area contributed by atoms with Crippen molar-refractivity contribution in [3.63, 3.8) is 0 Å². The van der Waals surface area contributed by atoms with Crippen molar-refractivity contribution in [2.45, 2.75) is 32.3 Å². The van der Waals surface area contributed by atoms with E-state index >= 15 is 0 Å². The highest BCUT2D eigenvalue weighted by Gasteiger charge is 2.14. The number of nitrogens with one attached hydrogen (secondary N) is 1. The van der Waals surface area contributed by atoms with Gasteiger partial charge in [-0.2, -0.15) is 0 Å². The van der Waals surface area contributed by atoms with Crippen LogP contribution in [-0.4, -0.2) is 33.3 Å². The summed E-state index contributed by atoms with van der Waals surface area (Å²) in [5.74, 6) is -0.440. The third kappa shape index (κ3) is 8.86. The third-order valence-electron chi connectivity index (χ3n) is 2.70. The molecule has 5 nitrogen and oxygen atoms in total. The molecular weight excluding hydrogens is 286 g/mol. The molecule has 0 fully saturated rings. The Kier molecular flexibility index (Phi) is 6.94.